The molecule has 10 nitrogen and oxygen atoms in total. The number of nitrogens with one attached hydrogen (secondary N) is 1. The molecule has 148 valence electrons. The van der Waals surface area contributed by atoms with E-state index in [1.54, 1.807) is 0 Å². The number of aliphatic carboxylic acids is 3. The molecule has 0 saturated carbocycles. The molecule has 10 heteroatoms. The second kappa shape index (κ2) is 13.5. The zero-order chi connectivity index (χ0) is 20.2. The van der Waals surface area contributed by atoms with Crippen LogP contribution in [0, 0.1) is 5.92 Å². The molecule has 0 aliphatic carbocycles. The molecule has 0 unspecified atom stereocenters. The Hall–Kier alpha value is -1.75. The quantitative estimate of drug-likeness (QED) is 0.308. The van der Waals surface area contributed by atoms with Crippen molar-refractivity contribution in [3.63, 3.8) is 0 Å². The van der Waals surface area contributed by atoms with Crippen LogP contribution in [0.25, 0.3) is 0 Å². The van der Waals surface area contributed by atoms with Crippen LogP contribution in [0.2, 0.25) is 0 Å². The second-order valence-electron chi connectivity index (χ2n) is 6.17. The summed E-state index contributed by atoms with van der Waals surface area (Å²) in [5.41, 5.74) is 10.1. The number of hydrogen-bond acceptors (Lipinski definition) is 7. The van der Waals surface area contributed by atoms with E-state index in [2.05, 4.69) is 5.32 Å². The zero-order valence-electron chi connectivity index (χ0n) is 14.9. The largest absolute Gasteiger partial charge is 0.480 e. The first-order valence-electron chi connectivity index (χ1n) is 8.01. The van der Waals surface area contributed by atoms with Gasteiger partial charge >= 0.3 is 17.9 Å². The number of nitrogens with two attached hydrogens (primary N) is 2. The fraction of sp³-hybridized carbons (Fsp3) is 0.800. The van der Waals surface area contributed by atoms with E-state index in [9.17, 15) is 14.4 Å². The maximum absolute atomic E-state index is 10.1. The lowest BCUT2D eigenvalue weighted by atomic mass is 10.1. The van der Waals surface area contributed by atoms with Crippen LogP contribution in [0.1, 0.15) is 40.0 Å². The molecule has 1 heterocycles. The van der Waals surface area contributed by atoms with Gasteiger partial charge in [0.25, 0.3) is 0 Å². The van der Waals surface area contributed by atoms with Crippen LogP contribution in [0.3, 0.4) is 0 Å². The van der Waals surface area contributed by atoms with E-state index in [1.807, 2.05) is 13.8 Å². The topological polar surface area (TPSA) is 196 Å². The highest BCUT2D eigenvalue weighted by molar-refractivity contribution is 5.74. The highest BCUT2D eigenvalue weighted by atomic mass is 16.4. The van der Waals surface area contributed by atoms with Crippen molar-refractivity contribution in [2.24, 2.45) is 17.4 Å². The maximum Gasteiger partial charge on any atom is 0.323 e. The van der Waals surface area contributed by atoms with Gasteiger partial charge in [0, 0.05) is 0 Å². The predicted octanol–water partition coefficient (Wildman–Crippen LogP) is -0.953. The fourth-order valence-electron chi connectivity index (χ4n) is 1.71. The van der Waals surface area contributed by atoms with Crippen molar-refractivity contribution in [1.82, 2.24) is 5.32 Å². The summed E-state index contributed by atoms with van der Waals surface area (Å²) in [6, 6.07) is -2.12. The van der Waals surface area contributed by atoms with Crippen LogP contribution in [-0.4, -0.2) is 69.1 Å². The molecule has 25 heavy (non-hydrogen) atoms. The van der Waals surface area contributed by atoms with Gasteiger partial charge in [-0.3, -0.25) is 14.4 Å². The summed E-state index contributed by atoms with van der Waals surface area (Å²) in [5.74, 6) is -2.46. The average Bonchev–Trinajstić information content (AvgIpc) is 3.01. The summed E-state index contributed by atoms with van der Waals surface area (Å²) >= 11 is 0. The third-order valence-corrected chi connectivity index (χ3v) is 3.21. The van der Waals surface area contributed by atoms with Gasteiger partial charge in [0.2, 0.25) is 0 Å². The van der Waals surface area contributed by atoms with E-state index in [0.717, 1.165) is 19.4 Å². The highest BCUT2D eigenvalue weighted by Gasteiger charge is 2.20. The summed E-state index contributed by atoms with van der Waals surface area (Å²) < 4.78 is 0. The van der Waals surface area contributed by atoms with E-state index < -0.39 is 36.1 Å². The van der Waals surface area contributed by atoms with Crippen LogP contribution in [0.15, 0.2) is 0 Å². The summed E-state index contributed by atoms with van der Waals surface area (Å²) in [7, 11) is 0. The molecule has 4 atom stereocenters. The van der Waals surface area contributed by atoms with Crippen LogP contribution >= 0.6 is 0 Å². The lowest BCUT2D eigenvalue weighted by Gasteiger charge is -2.07. The number of aliphatic hydroxyl groups excluding tert-OH is 1. The van der Waals surface area contributed by atoms with Crippen LogP contribution in [0.5, 0.6) is 0 Å². The van der Waals surface area contributed by atoms with Gasteiger partial charge in [-0.25, -0.2) is 0 Å². The van der Waals surface area contributed by atoms with Gasteiger partial charge in [-0.05, 0) is 38.6 Å². The minimum absolute atomic E-state index is 0.269. The molecule has 0 spiro atoms. The van der Waals surface area contributed by atoms with E-state index >= 15 is 0 Å². The molecule has 0 aromatic carbocycles. The van der Waals surface area contributed by atoms with Gasteiger partial charge in [0.15, 0.2) is 0 Å². The number of carboxylic acids is 3. The Balaban J connectivity index is 0. The average molecular weight is 365 g/mol. The predicted molar refractivity (Wildman–Crippen MR) is 91.0 cm³/mol. The first-order chi connectivity index (χ1) is 11.4. The molecule has 1 rings (SSSR count). The lowest BCUT2D eigenvalue weighted by molar-refractivity contribution is -0.141. The Morgan fingerprint density at radius 1 is 1.08 bits per heavy atom. The summed E-state index contributed by atoms with van der Waals surface area (Å²) in [6.07, 6.45) is 1.36. The molecule has 0 bridgehead atoms. The molecular weight excluding hydrogens is 334 g/mol. The van der Waals surface area contributed by atoms with E-state index in [4.69, 9.17) is 31.9 Å². The molecule has 0 amide bonds. The van der Waals surface area contributed by atoms with Gasteiger partial charge < -0.3 is 37.2 Å². The maximum atomic E-state index is 10.1. The van der Waals surface area contributed by atoms with Crippen LogP contribution in [0.4, 0.5) is 0 Å². The SMILES string of the molecule is CC(C)C[C@H](N)C(=O)O.C[C@@H](O)[C@H](N)C(=O)O.O=C(O)[C@@H]1CCCN1. The molecule has 0 aromatic rings. The van der Waals surface area contributed by atoms with Crippen LogP contribution < -0.4 is 16.8 Å². The first-order valence-corrected chi connectivity index (χ1v) is 8.01. The fourth-order valence-corrected chi connectivity index (χ4v) is 1.71. The Morgan fingerprint density at radius 3 is 1.72 bits per heavy atom. The normalized spacial score (nSPS) is 19.6. The number of carbonyl (C=O) groups is 3. The van der Waals surface area contributed by atoms with Gasteiger partial charge in [0.1, 0.15) is 18.1 Å². The Kier molecular flexibility index (Phi) is 13.8. The summed E-state index contributed by atoms with van der Waals surface area (Å²) in [6.45, 7) is 6.08. The molecule has 9 N–H and O–H groups in total. The molecular formula is C15H31N3O7. The molecule has 1 fully saturated rings. The third kappa shape index (κ3) is 14.3. The van der Waals surface area contributed by atoms with Crippen molar-refractivity contribution in [3.05, 3.63) is 0 Å². The van der Waals surface area contributed by atoms with Gasteiger partial charge in [-0.1, -0.05) is 13.8 Å². The van der Waals surface area contributed by atoms with E-state index in [-0.39, 0.29) is 6.04 Å². The van der Waals surface area contributed by atoms with Crippen molar-refractivity contribution in [1.29, 1.82) is 0 Å². The molecule has 1 saturated heterocycles. The highest BCUT2D eigenvalue weighted by Crippen LogP contribution is 2.03. The molecule has 0 aromatic heterocycles. The Bertz CT molecular complexity index is 398. The van der Waals surface area contributed by atoms with Crippen molar-refractivity contribution in [2.45, 2.75) is 64.3 Å². The zero-order valence-corrected chi connectivity index (χ0v) is 14.9. The monoisotopic (exact) mass is 365 g/mol. The second-order valence-corrected chi connectivity index (χ2v) is 6.17. The van der Waals surface area contributed by atoms with Crippen molar-refractivity contribution in [3.8, 4) is 0 Å². The van der Waals surface area contributed by atoms with Crippen LogP contribution in [-0.2, 0) is 14.4 Å². The van der Waals surface area contributed by atoms with Crippen molar-refractivity contribution < 1.29 is 34.8 Å². The van der Waals surface area contributed by atoms with Crippen molar-refractivity contribution in [2.75, 3.05) is 6.54 Å². The Labute approximate surface area is 147 Å². The van der Waals surface area contributed by atoms with Gasteiger partial charge in [-0.2, -0.15) is 0 Å². The Morgan fingerprint density at radius 2 is 1.60 bits per heavy atom. The van der Waals surface area contributed by atoms with Gasteiger partial charge in [-0.15, -0.1) is 0 Å². The number of aliphatic hydroxyl groups is 1. The number of carboxylic acid groups (broad SMARTS) is 3. The number of hydrogen-bond donors (Lipinski definition) is 7. The summed E-state index contributed by atoms with van der Waals surface area (Å²) in [4.78, 5) is 30.1. The smallest absolute Gasteiger partial charge is 0.323 e. The molecule has 1 aliphatic rings. The number of rotatable bonds is 6. The van der Waals surface area contributed by atoms with E-state index in [0.29, 0.717) is 12.3 Å². The lowest BCUT2D eigenvalue weighted by Crippen LogP contribution is -2.39. The third-order valence-electron chi connectivity index (χ3n) is 3.21. The minimum atomic E-state index is -1.18. The van der Waals surface area contributed by atoms with Gasteiger partial charge in [0.05, 0.1) is 6.10 Å². The first kappa shape index (κ1) is 25.5. The molecule has 1 aliphatic heterocycles. The standard InChI is InChI=1S/C6H13NO2.C5H9NO2.C4H9NO3/c1-4(2)3-5(7)6(8)9;7-5(8)4-2-1-3-6-4;1-2(6)3(5)4(7)8/h4-5H,3,7H2,1-2H3,(H,8,9);4,6H,1-3H2,(H,7,8);2-3,6H,5H2,1H3,(H,7,8)/t5-;4-;2-,3+/m001/s1. The minimum Gasteiger partial charge on any atom is -0.480 e. The van der Waals surface area contributed by atoms with E-state index in [1.165, 1.54) is 6.92 Å². The summed E-state index contributed by atoms with van der Waals surface area (Å²) in [5, 5.41) is 36.1. The van der Waals surface area contributed by atoms with Crippen molar-refractivity contribution >= 4 is 17.9 Å². The molecule has 0 radical (unpaired) electrons.